The van der Waals surface area contributed by atoms with Crippen LogP contribution >= 0.6 is 0 Å². The van der Waals surface area contributed by atoms with E-state index in [1.165, 1.54) is 11.0 Å². The Morgan fingerprint density at radius 2 is 1.84 bits per heavy atom. The first-order valence-corrected chi connectivity index (χ1v) is 9.30. The molecule has 1 heterocycles. The smallest absolute Gasteiger partial charge is 0.414 e. The highest BCUT2D eigenvalue weighted by atomic mass is 32.2. The van der Waals surface area contributed by atoms with Crippen LogP contribution in [0.4, 0.5) is 16.2 Å². The molecule has 0 bridgehead atoms. The van der Waals surface area contributed by atoms with Gasteiger partial charge in [-0.15, -0.1) is 0 Å². The van der Waals surface area contributed by atoms with Crippen LogP contribution in [0.15, 0.2) is 53.9 Å². The van der Waals surface area contributed by atoms with Crippen LogP contribution in [0.5, 0.6) is 0 Å². The van der Waals surface area contributed by atoms with Gasteiger partial charge in [0.1, 0.15) is 6.61 Å². The van der Waals surface area contributed by atoms with Gasteiger partial charge in [-0.25, -0.2) is 13.2 Å². The zero-order valence-electron chi connectivity index (χ0n) is 13.7. The van der Waals surface area contributed by atoms with Gasteiger partial charge in [-0.3, -0.25) is 9.62 Å². The lowest BCUT2D eigenvalue weighted by atomic mass is 10.2. The number of ether oxygens (including phenoxy) is 1. The molecule has 0 atom stereocenters. The number of carbonyl (C=O) groups is 1. The number of nitrogens with one attached hydrogen (secondary N) is 1. The summed E-state index contributed by atoms with van der Waals surface area (Å²) in [5.41, 5.74) is 2.68. The van der Waals surface area contributed by atoms with Gasteiger partial charge in [-0.2, -0.15) is 0 Å². The van der Waals surface area contributed by atoms with E-state index in [1.54, 1.807) is 24.3 Å². The van der Waals surface area contributed by atoms with Crippen molar-refractivity contribution in [1.82, 2.24) is 0 Å². The van der Waals surface area contributed by atoms with Crippen LogP contribution in [0.1, 0.15) is 11.1 Å². The number of aryl methyl sites for hydroxylation is 1. The molecule has 3 rings (SSSR count). The van der Waals surface area contributed by atoms with Crippen molar-refractivity contribution in [2.45, 2.75) is 6.92 Å². The molecule has 1 amide bonds. The molecule has 25 heavy (non-hydrogen) atoms. The van der Waals surface area contributed by atoms with Crippen LogP contribution in [0, 0.1) is 6.92 Å². The molecule has 1 aliphatic heterocycles. The summed E-state index contributed by atoms with van der Waals surface area (Å²) >= 11 is 0. The van der Waals surface area contributed by atoms with Crippen LogP contribution in [0.2, 0.25) is 0 Å². The van der Waals surface area contributed by atoms with E-state index in [0.717, 1.165) is 16.5 Å². The maximum absolute atomic E-state index is 12.4. The molecule has 0 aliphatic carbocycles. The summed E-state index contributed by atoms with van der Waals surface area (Å²) in [6, 6.07) is 14.2. The number of anilines is 2. The fraction of sp³-hybridized carbons (Fsp3) is 0.167. The van der Waals surface area contributed by atoms with Crippen LogP contribution in [-0.4, -0.2) is 27.7 Å². The van der Waals surface area contributed by atoms with E-state index in [-0.39, 0.29) is 6.61 Å². The highest BCUT2D eigenvalue weighted by Gasteiger charge is 2.26. The quantitative estimate of drug-likeness (QED) is 0.889. The largest absolute Gasteiger partial charge is 0.447 e. The average Bonchev–Trinajstić information content (AvgIpc) is 3.00. The highest BCUT2D eigenvalue weighted by molar-refractivity contribution is 7.95. The zero-order valence-corrected chi connectivity index (χ0v) is 14.5. The van der Waals surface area contributed by atoms with Crippen molar-refractivity contribution in [2.24, 2.45) is 0 Å². The first-order valence-electron chi connectivity index (χ1n) is 7.75. The predicted molar refractivity (Wildman–Crippen MR) is 97.9 cm³/mol. The second-order valence-electron chi connectivity index (χ2n) is 5.64. The predicted octanol–water partition coefficient (Wildman–Crippen LogP) is 3.36. The van der Waals surface area contributed by atoms with E-state index in [1.807, 2.05) is 31.2 Å². The van der Waals surface area contributed by atoms with E-state index in [2.05, 4.69) is 4.72 Å². The number of hydrogen-bond donors (Lipinski definition) is 1. The van der Waals surface area contributed by atoms with Crippen molar-refractivity contribution in [2.75, 3.05) is 22.8 Å². The third kappa shape index (κ3) is 4.19. The second-order valence-corrected chi connectivity index (χ2v) is 7.21. The minimum absolute atomic E-state index is 0.285. The highest BCUT2D eigenvalue weighted by Crippen LogP contribution is 2.29. The normalized spacial score (nSPS) is 14.8. The zero-order chi connectivity index (χ0) is 17.9. The molecule has 6 nitrogen and oxygen atoms in total. The molecule has 1 saturated heterocycles. The molecule has 0 unspecified atom stereocenters. The maximum Gasteiger partial charge on any atom is 0.414 e. The van der Waals surface area contributed by atoms with Crippen molar-refractivity contribution < 1.29 is 17.9 Å². The van der Waals surface area contributed by atoms with Crippen molar-refractivity contribution in [3.8, 4) is 0 Å². The third-order valence-electron chi connectivity index (χ3n) is 3.72. The minimum Gasteiger partial charge on any atom is -0.447 e. The van der Waals surface area contributed by atoms with Gasteiger partial charge in [0.15, 0.2) is 0 Å². The third-order valence-corrected chi connectivity index (χ3v) is 4.72. The molecular formula is C18H18N2O4S. The van der Waals surface area contributed by atoms with E-state index >= 15 is 0 Å². The standard InChI is InChI=1S/C18H18N2O4S/c1-14-6-8-15(9-7-14)10-13-25(22,23)19-16-4-2-3-5-17(16)20-11-12-24-18(20)21/h2-10,13,19H,11-12H2,1H3/b13-10-. The molecule has 0 saturated carbocycles. The Balaban J connectivity index is 1.81. The van der Waals surface area contributed by atoms with Crippen LogP contribution in [0.25, 0.3) is 6.08 Å². The van der Waals surface area contributed by atoms with Crippen molar-refractivity contribution >= 4 is 33.6 Å². The summed E-state index contributed by atoms with van der Waals surface area (Å²) in [6.07, 6.45) is 1.04. The van der Waals surface area contributed by atoms with Crippen LogP contribution in [0.3, 0.4) is 0 Å². The first kappa shape index (κ1) is 17.0. The number of carbonyl (C=O) groups excluding carboxylic acids is 1. The molecule has 2 aromatic carbocycles. The average molecular weight is 358 g/mol. The Morgan fingerprint density at radius 3 is 2.52 bits per heavy atom. The SMILES string of the molecule is Cc1ccc(/C=C\S(=O)(=O)Nc2ccccc2N2CCOC2=O)cc1. The van der Waals surface area contributed by atoms with Gasteiger partial charge in [-0.05, 0) is 30.7 Å². The maximum atomic E-state index is 12.4. The number of rotatable bonds is 5. The molecule has 0 spiro atoms. The van der Waals surface area contributed by atoms with Crippen molar-refractivity contribution in [3.05, 3.63) is 65.1 Å². The summed E-state index contributed by atoms with van der Waals surface area (Å²) in [6.45, 7) is 2.64. The summed E-state index contributed by atoms with van der Waals surface area (Å²) < 4.78 is 32.1. The number of nitrogens with zero attached hydrogens (tertiary/aromatic N) is 1. The molecule has 2 aromatic rings. The van der Waals surface area contributed by atoms with E-state index in [9.17, 15) is 13.2 Å². The molecular weight excluding hydrogens is 340 g/mol. The number of amides is 1. The Labute approximate surface area is 146 Å². The van der Waals surface area contributed by atoms with Gasteiger partial charge < -0.3 is 4.74 Å². The van der Waals surface area contributed by atoms with Gasteiger partial charge in [-0.1, -0.05) is 42.0 Å². The van der Waals surface area contributed by atoms with Gasteiger partial charge in [0.2, 0.25) is 0 Å². The van der Waals surface area contributed by atoms with Gasteiger partial charge >= 0.3 is 6.09 Å². The molecule has 1 fully saturated rings. The van der Waals surface area contributed by atoms with E-state index in [0.29, 0.717) is 17.9 Å². The van der Waals surface area contributed by atoms with Crippen molar-refractivity contribution in [1.29, 1.82) is 0 Å². The monoisotopic (exact) mass is 358 g/mol. The molecule has 0 radical (unpaired) electrons. The van der Waals surface area contributed by atoms with Crippen LogP contribution < -0.4 is 9.62 Å². The number of para-hydroxylation sites is 2. The van der Waals surface area contributed by atoms with Crippen molar-refractivity contribution in [3.63, 3.8) is 0 Å². The molecule has 1 N–H and O–H groups in total. The summed E-state index contributed by atoms with van der Waals surface area (Å²) in [5.74, 6) is 0. The topological polar surface area (TPSA) is 75.7 Å². The number of hydrogen-bond acceptors (Lipinski definition) is 4. The Bertz CT molecular complexity index is 905. The lowest BCUT2D eigenvalue weighted by molar-refractivity contribution is 0.181. The second kappa shape index (κ2) is 6.98. The molecule has 130 valence electrons. The molecule has 1 aliphatic rings. The first-order chi connectivity index (χ1) is 11.9. The number of cyclic esters (lactones) is 1. The van der Waals surface area contributed by atoms with E-state index < -0.39 is 16.1 Å². The summed E-state index contributed by atoms with van der Waals surface area (Å²) in [7, 11) is -3.72. The molecule has 7 heteroatoms. The fourth-order valence-electron chi connectivity index (χ4n) is 2.44. The van der Waals surface area contributed by atoms with Gasteiger partial charge in [0.25, 0.3) is 10.0 Å². The Morgan fingerprint density at radius 1 is 1.12 bits per heavy atom. The van der Waals surface area contributed by atoms with Gasteiger partial charge in [0.05, 0.1) is 23.3 Å². The minimum atomic E-state index is -3.72. The fourth-order valence-corrected chi connectivity index (χ4v) is 3.32. The Hall–Kier alpha value is -2.80. The van der Waals surface area contributed by atoms with E-state index in [4.69, 9.17) is 4.74 Å². The Kier molecular flexibility index (Phi) is 4.76. The molecule has 0 aromatic heterocycles. The lowest BCUT2D eigenvalue weighted by Gasteiger charge is -2.17. The summed E-state index contributed by atoms with van der Waals surface area (Å²) in [5, 5.41) is 1.11. The summed E-state index contributed by atoms with van der Waals surface area (Å²) in [4.78, 5) is 13.1. The lowest BCUT2D eigenvalue weighted by Crippen LogP contribution is -2.25. The number of benzene rings is 2. The van der Waals surface area contributed by atoms with Crippen LogP contribution in [-0.2, 0) is 14.8 Å². The number of sulfonamides is 1. The van der Waals surface area contributed by atoms with Gasteiger partial charge in [0, 0.05) is 0 Å².